The van der Waals surface area contributed by atoms with Crippen LogP contribution in [0.15, 0.2) is 47.4 Å². The minimum absolute atomic E-state index is 0.0503. The molecule has 0 fully saturated rings. The Morgan fingerprint density at radius 1 is 1.24 bits per heavy atom. The van der Waals surface area contributed by atoms with Crippen molar-refractivity contribution in [3.63, 3.8) is 0 Å². The Morgan fingerprint density at radius 2 is 2.00 bits per heavy atom. The number of aromatic nitrogens is 2. The van der Waals surface area contributed by atoms with Gasteiger partial charge in [-0.2, -0.15) is 5.10 Å². The second kappa shape index (κ2) is 7.59. The fraction of sp³-hybridized carbons (Fsp3) is 0.267. The lowest BCUT2D eigenvalue weighted by Crippen LogP contribution is -2.28. The van der Waals surface area contributed by atoms with Crippen LogP contribution in [0, 0.1) is 0 Å². The standard InChI is InChI=1S/C15H16ClN3O2/c16-13-6-4-12(5-7-13)11-14(20)17-8-2-10-19-15(21)3-1-9-18-19/h1,3-7,9H,2,8,10-11H2,(H,17,20). The van der Waals surface area contributed by atoms with Crippen LogP contribution in [0.2, 0.25) is 5.02 Å². The molecule has 2 aromatic rings. The molecular weight excluding hydrogens is 290 g/mol. The second-order valence-corrected chi connectivity index (χ2v) is 5.03. The highest BCUT2D eigenvalue weighted by Gasteiger charge is 2.03. The van der Waals surface area contributed by atoms with E-state index < -0.39 is 0 Å². The van der Waals surface area contributed by atoms with Crippen molar-refractivity contribution in [2.24, 2.45) is 0 Å². The Kier molecular flexibility index (Phi) is 5.51. The molecule has 0 saturated heterocycles. The van der Waals surface area contributed by atoms with Gasteiger partial charge in [0.25, 0.3) is 5.56 Å². The van der Waals surface area contributed by atoms with Crippen molar-refractivity contribution < 1.29 is 4.79 Å². The zero-order valence-electron chi connectivity index (χ0n) is 11.5. The summed E-state index contributed by atoms with van der Waals surface area (Å²) in [5.74, 6) is -0.0503. The summed E-state index contributed by atoms with van der Waals surface area (Å²) >= 11 is 5.79. The molecule has 1 heterocycles. The SMILES string of the molecule is O=C(Cc1ccc(Cl)cc1)NCCCn1ncccc1=O. The summed E-state index contributed by atoms with van der Waals surface area (Å²) in [6, 6.07) is 10.2. The Bertz CT molecular complexity index is 652. The number of benzene rings is 1. The van der Waals surface area contributed by atoms with E-state index in [-0.39, 0.29) is 11.5 Å². The first-order valence-corrected chi connectivity index (χ1v) is 7.06. The molecule has 1 aromatic carbocycles. The predicted molar refractivity (Wildman–Crippen MR) is 81.3 cm³/mol. The van der Waals surface area contributed by atoms with Gasteiger partial charge in [-0.15, -0.1) is 0 Å². The third-order valence-electron chi connectivity index (χ3n) is 2.93. The Hall–Kier alpha value is -2.14. The normalized spacial score (nSPS) is 10.3. The maximum Gasteiger partial charge on any atom is 0.266 e. The van der Waals surface area contributed by atoms with Gasteiger partial charge in [0.2, 0.25) is 5.91 Å². The Balaban J connectivity index is 1.71. The molecule has 0 radical (unpaired) electrons. The maximum absolute atomic E-state index is 11.7. The van der Waals surface area contributed by atoms with Gasteiger partial charge in [-0.25, -0.2) is 4.68 Å². The van der Waals surface area contributed by atoms with Gasteiger partial charge < -0.3 is 5.32 Å². The van der Waals surface area contributed by atoms with Crippen molar-refractivity contribution in [1.29, 1.82) is 0 Å². The van der Waals surface area contributed by atoms with Crippen LogP contribution < -0.4 is 10.9 Å². The molecule has 0 aliphatic rings. The summed E-state index contributed by atoms with van der Waals surface area (Å²) in [4.78, 5) is 23.2. The highest BCUT2D eigenvalue weighted by atomic mass is 35.5. The molecule has 1 N–H and O–H groups in total. The number of carbonyl (C=O) groups excluding carboxylic acids is 1. The van der Waals surface area contributed by atoms with Crippen LogP contribution in [0.1, 0.15) is 12.0 Å². The minimum Gasteiger partial charge on any atom is -0.356 e. The average Bonchev–Trinajstić information content (AvgIpc) is 2.48. The van der Waals surface area contributed by atoms with Crippen molar-refractivity contribution in [2.45, 2.75) is 19.4 Å². The third-order valence-corrected chi connectivity index (χ3v) is 3.18. The summed E-state index contributed by atoms with van der Waals surface area (Å²) in [6.07, 6.45) is 2.55. The van der Waals surface area contributed by atoms with Crippen LogP contribution >= 0.6 is 11.6 Å². The summed E-state index contributed by atoms with van der Waals surface area (Å²) in [7, 11) is 0. The van der Waals surface area contributed by atoms with Crippen LogP contribution in [0.5, 0.6) is 0 Å². The van der Waals surface area contributed by atoms with Crippen LogP contribution in [-0.2, 0) is 17.8 Å². The highest BCUT2D eigenvalue weighted by Crippen LogP contribution is 2.09. The van der Waals surface area contributed by atoms with Gasteiger partial charge in [0.05, 0.1) is 6.42 Å². The number of amides is 1. The van der Waals surface area contributed by atoms with Crippen molar-refractivity contribution >= 4 is 17.5 Å². The predicted octanol–water partition coefficient (Wildman–Crippen LogP) is 1.65. The van der Waals surface area contributed by atoms with E-state index in [4.69, 9.17) is 11.6 Å². The van der Waals surface area contributed by atoms with Gasteiger partial charge in [0, 0.05) is 30.4 Å². The van der Waals surface area contributed by atoms with E-state index >= 15 is 0 Å². The number of hydrogen-bond donors (Lipinski definition) is 1. The number of rotatable bonds is 6. The molecule has 0 aliphatic carbocycles. The molecule has 6 heteroatoms. The maximum atomic E-state index is 11.7. The molecule has 0 spiro atoms. The Labute approximate surface area is 127 Å². The van der Waals surface area contributed by atoms with E-state index in [0.717, 1.165) is 5.56 Å². The van der Waals surface area contributed by atoms with Crippen LogP contribution in [-0.4, -0.2) is 22.2 Å². The molecule has 0 unspecified atom stereocenters. The molecule has 5 nitrogen and oxygen atoms in total. The summed E-state index contributed by atoms with van der Waals surface area (Å²) < 4.78 is 1.38. The lowest BCUT2D eigenvalue weighted by Gasteiger charge is -2.06. The number of hydrogen-bond acceptors (Lipinski definition) is 3. The number of halogens is 1. The monoisotopic (exact) mass is 305 g/mol. The van der Waals surface area contributed by atoms with Crippen LogP contribution in [0.25, 0.3) is 0 Å². The van der Waals surface area contributed by atoms with Gasteiger partial charge in [-0.1, -0.05) is 23.7 Å². The van der Waals surface area contributed by atoms with Crippen LogP contribution in [0.4, 0.5) is 0 Å². The lowest BCUT2D eigenvalue weighted by atomic mass is 10.1. The Morgan fingerprint density at radius 3 is 2.71 bits per heavy atom. The molecule has 110 valence electrons. The highest BCUT2D eigenvalue weighted by molar-refractivity contribution is 6.30. The summed E-state index contributed by atoms with van der Waals surface area (Å²) in [6.45, 7) is 0.996. The molecular formula is C15H16ClN3O2. The fourth-order valence-corrected chi connectivity index (χ4v) is 1.99. The van der Waals surface area contributed by atoms with Gasteiger partial charge in [0.1, 0.15) is 0 Å². The second-order valence-electron chi connectivity index (χ2n) is 4.59. The van der Waals surface area contributed by atoms with Crippen molar-refractivity contribution in [2.75, 3.05) is 6.54 Å². The van der Waals surface area contributed by atoms with Crippen molar-refractivity contribution in [3.05, 3.63) is 63.5 Å². The van der Waals surface area contributed by atoms with E-state index in [0.29, 0.717) is 31.0 Å². The molecule has 0 saturated carbocycles. The first-order valence-electron chi connectivity index (χ1n) is 6.68. The largest absolute Gasteiger partial charge is 0.356 e. The van der Waals surface area contributed by atoms with Gasteiger partial charge in [-0.05, 0) is 30.2 Å². The molecule has 0 bridgehead atoms. The van der Waals surface area contributed by atoms with Gasteiger partial charge in [-0.3, -0.25) is 9.59 Å². The lowest BCUT2D eigenvalue weighted by molar-refractivity contribution is -0.120. The topological polar surface area (TPSA) is 64.0 Å². The number of nitrogens with one attached hydrogen (secondary N) is 1. The fourth-order valence-electron chi connectivity index (χ4n) is 1.86. The minimum atomic E-state index is -0.134. The molecule has 1 amide bonds. The smallest absolute Gasteiger partial charge is 0.266 e. The number of carbonyl (C=O) groups is 1. The van der Waals surface area contributed by atoms with E-state index in [9.17, 15) is 9.59 Å². The van der Waals surface area contributed by atoms with E-state index in [1.165, 1.54) is 10.7 Å². The van der Waals surface area contributed by atoms with Crippen molar-refractivity contribution in [3.8, 4) is 0 Å². The summed E-state index contributed by atoms with van der Waals surface area (Å²) in [5, 5.41) is 7.42. The number of aryl methyl sites for hydroxylation is 1. The molecule has 1 aromatic heterocycles. The van der Waals surface area contributed by atoms with E-state index in [2.05, 4.69) is 10.4 Å². The average molecular weight is 306 g/mol. The summed E-state index contributed by atoms with van der Waals surface area (Å²) in [5.41, 5.74) is 0.780. The third kappa shape index (κ3) is 5.04. The molecule has 0 atom stereocenters. The zero-order valence-corrected chi connectivity index (χ0v) is 12.2. The van der Waals surface area contributed by atoms with Gasteiger partial charge >= 0.3 is 0 Å². The molecule has 21 heavy (non-hydrogen) atoms. The van der Waals surface area contributed by atoms with E-state index in [1.54, 1.807) is 24.4 Å². The number of nitrogens with zero attached hydrogens (tertiary/aromatic N) is 2. The van der Waals surface area contributed by atoms with Gasteiger partial charge in [0.15, 0.2) is 0 Å². The first kappa shape index (κ1) is 15.3. The van der Waals surface area contributed by atoms with Crippen LogP contribution in [0.3, 0.4) is 0 Å². The quantitative estimate of drug-likeness (QED) is 0.825. The molecule has 0 aliphatic heterocycles. The van der Waals surface area contributed by atoms with Crippen molar-refractivity contribution in [1.82, 2.24) is 15.1 Å². The zero-order chi connectivity index (χ0) is 15.1. The first-order chi connectivity index (χ1) is 10.1. The van der Waals surface area contributed by atoms with E-state index in [1.807, 2.05) is 12.1 Å². The molecule has 2 rings (SSSR count).